The van der Waals surface area contributed by atoms with Gasteiger partial charge in [0.25, 0.3) is 0 Å². The van der Waals surface area contributed by atoms with Gasteiger partial charge in [0.05, 0.1) is 0 Å². The van der Waals surface area contributed by atoms with Crippen LogP contribution in [0.5, 0.6) is 0 Å². The average molecular weight is 320 g/mol. The average Bonchev–Trinajstić information content (AvgIpc) is 2.28. The van der Waals surface area contributed by atoms with E-state index < -0.39 is 0 Å². The lowest BCUT2D eigenvalue weighted by atomic mass is 9.85. The van der Waals surface area contributed by atoms with Crippen molar-refractivity contribution >= 4 is 22.6 Å². The molecule has 0 N–H and O–H groups in total. The minimum atomic E-state index is 1.18. The van der Waals surface area contributed by atoms with Gasteiger partial charge in [0.15, 0.2) is 0 Å². The standard InChI is InChI=1S/C15H13I/c1-10-2-6-14-11(8-10)3-4-12-9-13(16)5-7-15(12)14/h2,5-9H,3-4H2,1H3. The molecular weight excluding hydrogens is 307 g/mol. The molecule has 16 heavy (non-hydrogen) atoms. The van der Waals surface area contributed by atoms with Gasteiger partial charge in [-0.25, -0.2) is 0 Å². The van der Waals surface area contributed by atoms with Gasteiger partial charge in [-0.1, -0.05) is 29.8 Å². The first-order valence-corrected chi connectivity index (χ1v) is 6.70. The van der Waals surface area contributed by atoms with Crippen LogP contribution in [0.4, 0.5) is 0 Å². The fourth-order valence-corrected chi connectivity index (χ4v) is 3.05. The van der Waals surface area contributed by atoms with Crippen LogP contribution < -0.4 is 0 Å². The van der Waals surface area contributed by atoms with Gasteiger partial charge in [-0.05, 0) is 76.7 Å². The van der Waals surface area contributed by atoms with Crippen LogP contribution in [-0.2, 0) is 12.8 Å². The minimum absolute atomic E-state index is 1.18. The van der Waals surface area contributed by atoms with Gasteiger partial charge in [-0.15, -0.1) is 0 Å². The number of aryl methyl sites for hydroxylation is 3. The lowest BCUT2D eigenvalue weighted by molar-refractivity contribution is 0.938. The fourth-order valence-electron chi connectivity index (χ4n) is 2.49. The molecule has 0 atom stereocenters. The second-order valence-electron chi connectivity index (χ2n) is 4.46. The van der Waals surface area contributed by atoms with Crippen molar-refractivity contribution in [2.45, 2.75) is 19.8 Å². The summed E-state index contributed by atoms with van der Waals surface area (Å²) in [5, 5.41) is 0. The topological polar surface area (TPSA) is 0 Å². The van der Waals surface area contributed by atoms with E-state index in [4.69, 9.17) is 0 Å². The normalized spacial score (nSPS) is 13.1. The Hall–Kier alpha value is -0.830. The maximum absolute atomic E-state index is 2.39. The molecule has 0 saturated carbocycles. The molecule has 0 heterocycles. The van der Waals surface area contributed by atoms with Crippen LogP contribution in [0.2, 0.25) is 0 Å². The van der Waals surface area contributed by atoms with Gasteiger partial charge in [-0.2, -0.15) is 0 Å². The zero-order valence-electron chi connectivity index (χ0n) is 9.26. The molecule has 0 radical (unpaired) electrons. The smallest absolute Gasteiger partial charge is 0.0133 e. The third-order valence-corrected chi connectivity index (χ3v) is 3.95. The molecule has 0 unspecified atom stereocenters. The van der Waals surface area contributed by atoms with Gasteiger partial charge < -0.3 is 0 Å². The molecule has 0 aliphatic heterocycles. The maximum atomic E-state index is 2.39. The third kappa shape index (κ3) is 1.67. The number of hydrogen-bond acceptors (Lipinski definition) is 0. The molecule has 0 fully saturated rings. The monoisotopic (exact) mass is 320 g/mol. The molecule has 2 aromatic rings. The summed E-state index contributed by atoms with van der Waals surface area (Å²) in [4.78, 5) is 0. The molecule has 1 aliphatic rings. The van der Waals surface area contributed by atoms with Crippen molar-refractivity contribution in [1.29, 1.82) is 0 Å². The maximum Gasteiger partial charge on any atom is 0.0133 e. The molecule has 0 nitrogen and oxygen atoms in total. The summed E-state index contributed by atoms with van der Waals surface area (Å²) in [6.07, 6.45) is 2.37. The number of halogens is 1. The molecule has 1 aliphatic carbocycles. The van der Waals surface area contributed by atoms with E-state index >= 15 is 0 Å². The Morgan fingerprint density at radius 1 is 0.875 bits per heavy atom. The Morgan fingerprint density at radius 3 is 2.25 bits per heavy atom. The Balaban J connectivity index is 2.23. The number of benzene rings is 2. The van der Waals surface area contributed by atoms with E-state index in [-0.39, 0.29) is 0 Å². The van der Waals surface area contributed by atoms with Gasteiger partial charge in [0.1, 0.15) is 0 Å². The quantitative estimate of drug-likeness (QED) is 0.633. The van der Waals surface area contributed by atoms with Crippen molar-refractivity contribution in [1.82, 2.24) is 0 Å². The third-order valence-electron chi connectivity index (χ3n) is 3.28. The van der Waals surface area contributed by atoms with E-state index in [0.29, 0.717) is 0 Å². The molecule has 2 aromatic carbocycles. The SMILES string of the molecule is Cc1ccc2c(c1)CCc1cc(I)ccc1-2. The van der Waals surface area contributed by atoms with Crippen molar-refractivity contribution in [3.8, 4) is 11.1 Å². The van der Waals surface area contributed by atoms with Gasteiger partial charge in [-0.3, -0.25) is 0 Å². The van der Waals surface area contributed by atoms with Crippen molar-refractivity contribution in [2.24, 2.45) is 0 Å². The largest absolute Gasteiger partial charge is 0.0587 e. The summed E-state index contributed by atoms with van der Waals surface area (Å²) in [5.41, 5.74) is 7.24. The Morgan fingerprint density at radius 2 is 1.50 bits per heavy atom. The summed E-state index contributed by atoms with van der Waals surface area (Å²) in [6.45, 7) is 2.17. The molecular formula is C15H13I. The molecule has 0 amide bonds. The van der Waals surface area contributed by atoms with E-state index in [1.165, 1.54) is 44.2 Å². The number of rotatable bonds is 0. The Bertz CT molecular complexity index is 504. The first kappa shape index (κ1) is 10.3. The molecule has 1 heteroatoms. The first-order chi connectivity index (χ1) is 7.74. The second-order valence-corrected chi connectivity index (χ2v) is 5.71. The van der Waals surface area contributed by atoms with Crippen LogP contribution in [0.3, 0.4) is 0 Å². The highest BCUT2D eigenvalue weighted by atomic mass is 127. The second kappa shape index (κ2) is 3.88. The zero-order valence-corrected chi connectivity index (χ0v) is 11.4. The number of fused-ring (bicyclic) bond motifs is 3. The summed E-state index contributed by atoms with van der Waals surface area (Å²) >= 11 is 2.39. The highest BCUT2D eigenvalue weighted by Crippen LogP contribution is 2.34. The molecule has 0 bridgehead atoms. The Kier molecular flexibility index (Phi) is 2.51. The summed E-state index contributed by atoms with van der Waals surface area (Å²) in [6, 6.07) is 13.6. The van der Waals surface area contributed by atoms with Crippen LogP contribution >= 0.6 is 22.6 Å². The minimum Gasteiger partial charge on any atom is -0.0587 e. The lowest BCUT2D eigenvalue weighted by Gasteiger charge is -2.20. The van der Waals surface area contributed by atoms with Crippen LogP contribution in [0, 0.1) is 10.5 Å². The van der Waals surface area contributed by atoms with Crippen molar-refractivity contribution in [3.05, 3.63) is 56.7 Å². The molecule has 0 saturated heterocycles. The van der Waals surface area contributed by atoms with E-state index in [1.807, 2.05) is 0 Å². The highest BCUT2D eigenvalue weighted by Gasteiger charge is 2.15. The van der Waals surface area contributed by atoms with E-state index in [1.54, 1.807) is 0 Å². The van der Waals surface area contributed by atoms with Crippen molar-refractivity contribution in [3.63, 3.8) is 0 Å². The fraction of sp³-hybridized carbons (Fsp3) is 0.200. The van der Waals surface area contributed by atoms with E-state index in [0.717, 1.165) is 0 Å². The Labute approximate surface area is 110 Å². The first-order valence-electron chi connectivity index (χ1n) is 5.62. The highest BCUT2D eigenvalue weighted by molar-refractivity contribution is 14.1. The summed E-state index contributed by atoms with van der Waals surface area (Å²) < 4.78 is 1.34. The molecule has 3 rings (SSSR count). The van der Waals surface area contributed by atoms with E-state index in [2.05, 4.69) is 65.9 Å². The predicted octanol–water partition coefficient (Wildman–Crippen LogP) is 4.37. The summed E-state index contributed by atoms with van der Waals surface area (Å²) in [5.74, 6) is 0. The van der Waals surface area contributed by atoms with Gasteiger partial charge >= 0.3 is 0 Å². The van der Waals surface area contributed by atoms with Crippen LogP contribution in [0.15, 0.2) is 36.4 Å². The van der Waals surface area contributed by atoms with Crippen LogP contribution in [-0.4, -0.2) is 0 Å². The lowest BCUT2D eigenvalue weighted by Crippen LogP contribution is -2.04. The van der Waals surface area contributed by atoms with Gasteiger partial charge in [0, 0.05) is 3.57 Å². The van der Waals surface area contributed by atoms with Crippen molar-refractivity contribution < 1.29 is 0 Å². The van der Waals surface area contributed by atoms with E-state index in [9.17, 15) is 0 Å². The van der Waals surface area contributed by atoms with Crippen LogP contribution in [0.25, 0.3) is 11.1 Å². The number of hydrogen-bond donors (Lipinski definition) is 0. The summed E-state index contributed by atoms with van der Waals surface area (Å²) in [7, 11) is 0. The van der Waals surface area contributed by atoms with Crippen LogP contribution in [0.1, 0.15) is 16.7 Å². The van der Waals surface area contributed by atoms with Gasteiger partial charge in [0.2, 0.25) is 0 Å². The van der Waals surface area contributed by atoms with Crippen molar-refractivity contribution in [2.75, 3.05) is 0 Å². The molecule has 80 valence electrons. The zero-order chi connectivity index (χ0) is 11.1. The predicted molar refractivity (Wildman–Crippen MR) is 76.7 cm³/mol. The molecule has 0 aromatic heterocycles. The molecule has 0 spiro atoms.